The second kappa shape index (κ2) is 30.9. The largest absolute Gasteiger partial charge is 0.495 e. The zero-order chi connectivity index (χ0) is 67.6. The zero-order valence-electron chi connectivity index (χ0n) is 55.4. The number of methoxy groups -OCH3 is 1. The van der Waals surface area contributed by atoms with Crippen molar-refractivity contribution in [2.24, 2.45) is 17.6 Å². The Morgan fingerprint density at radius 1 is 0.884 bits per heavy atom. The van der Waals surface area contributed by atoms with E-state index in [1.807, 2.05) is 40.7 Å². The summed E-state index contributed by atoms with van der Waals surface area (Å²) in [6.45, 7) is 10.5. The van der Waals surface area contributed by atoms with E-state index in [2.05, 4.69) is 48.3 Å². The molecule has 4 fully saturated rings. The van der Waals surface area contributed by atoms with Gasteiger partial charge < -0.3 is 65.7 Å². The third kappa shape index (κ3) is 15.8. The summed E-state index contributed by atoms with van der Waals surface area (Å²) in [5.74, 6) is 4.91. The normalized spacial score (nSPS) is 20.9. The van der Waals surface area contributed by atoms with Crippen molar-refractivity contribution >= 4 is 82.2 Å². The van der Waals surface area contributed by atoms with E-state index in [4.69, 9.17) is 24.9 Å². The molecule has 3 aromatic carbocycles. The number of ether oxygens (including phenoxy) is 3. The summed E-state index contributed by atoms with van der Waals surface area (Å²) < 4.78 is 17.8. The molecule has 2 saturated heterocycles. The van der Waals surface area contributed by atoms with E-state index in [9.17, 15) is 43.2 Å². The lowest BCUT2D eigenvalue weighted by Crippen LogP contribution is -2.57. The minimum atomic E-state index is -0.849. The fourth-order valence-electron chi connectivity index (χ4n) is 13.7. The van der Waals surface area contributed by atoms with Gasteiger partial charge in [0.2, 0.25) is 41.4 Å². The van der Waals surface area contributed by atoms with Gasteiger partial charge in [-0.05, 0) is 130 Å². The number of imide groups is 1. The van der Waals surface area contributed by atoms with Gasteiger partial charge >= 0.3 is 6.09 Å². The van der Waals surface area contributed by atoms with E-state index in [1.165, 1.54) is 16.9 Å². The molecular weight excluding hydrogens is 1210 g/mol. The van der Waals surface area contributed by atoms with Crippen LogP contribution in [0.2, 0.25) is 0 Å². The number of fused-ring (bicyclic) bond motifs is 2. The Kier molecular flexibility index (Phi) is 22.4. The van der Waals surface area contributed by atoms with Crippen LogP contribution in [0.1, 0.15) is 162 Å². The summed E-state index contributed by atoms with van der Waals surface area (Å²) in [4.78, 5) is 138. The Hall–Kier alpha value is -9.15. The van der Waals surface area contributed by atoms with Crippen LogP contribution in [0.4, 0.5) is 33.6 Å². The van der Waals surface area contributed by atoms with Crippen molar-refractivity contribution in [3.63, 3.8) is 0 Å². The van der Waals surface area contributed by atoms with Gasteiger partial charge in [-0.25, -0.2) is 9.78 Å². The molecule has 4 aliphatic heterocycles. The van der Waals surface area contributed by atoms with E-state index in [0.29, 0.717) is 115 Å². The maximum atomic E-state index is 14.2. The Morgan fingerprint density at radius 2 is 1.64 bits per heavy atom. The average Bonchev–Trinajstić information content (AvgIpc) is 1.63. The number of nitrogens with one attached hydrogen (secondary N) is 5. The number of nitrogens with two attached hydrogens (primary N) is 1. The lowest BCUT2D eigenvalue weighted by molar-refractivity contribution is -0.141. The van der Waals surface area contributed by atoms with Crippen LogP contribution >= 0.6 is 0 Å². The number of amides is 9. The molecular formula is C70H89N13O12. The molecule has 5 atom stereocenters. The maximum absolute atomic E-state index is 14.2. The first kappa shape index (κ1) is 68.7. The molecule has 0 bridgehead atoms. The Bertz CT molecular complexity index is 3590. The summed E-state index contributed by atoms with van der Waals surface area (Å²) in [6, 6.07) is 13.7. The Morgan fingerprint density at radius 3 is 2.35 bits per heavy atom. The molecule has 9 amide bonds. The number of likely N-dealkylation sites (tertiary alicyclic amines) is 1. The van der Waals surface area contributed by atoms with Gasteiger partial charge in [-0.15, -0.1) is 0 Å². The average molecular weight is 1300 g/mol. The predicted molar refractivity (Wildman–Crippen MR) is 355 cm³/mol. The molecule has 10 rings (SSSR count). The van der Waals surface area contributed by atoms with Crippen LogP contribution in [-0.4, -0.2) is 167 Å². The minimum Gasteiger partial charge on any atom is -0.495 e. The van der Waals surface area contributed by atoms with Crippen LogP contribution in [0.5, 0.6) is 5.75 Å². The van der Waals surface area contributed by atoms with Crippen molar-refractivity contribution in [3.05, 3.63) is 94.7 Å². The molecule has 2 aliphatic carbocycles. The molecule has 5 heterocycles. The number of benzene rings is 3. The number of aromatic nitrogens is 2. The number of hydrogen-bond acceptors (Lipinski definition) is 17. The highest BCUT2D eigenvalue weighted by molar-refractivity contribution is 6.06. The fraction of sp³-hybridized carbons (Fsp3) is 0.529. The molecule has 2 saturated carbocycles. The molecule has 1 aromatic heterocycles. The van der Waals surface area contributed by atoms with Gasteiger partial charge in [0.15, 0.2) is 5.82 Å². The van der Waals surface area contributed by atoms with Crippen LogP contribution in [0, 0.1) is 23.7 Å². The molecule has 4 aromatic rings. The van der Waals surface area contributed by atoms with Gasteiger partial charge in [0, 0.05) is 80.0 Å². The molecule has 25 heteroatoms. The predicted octanol–water partition coefficient (Wildman–Crippen LogP) is 6.69. The van der Waals surface area contributed by atoms with Crippen LogP contribution in [0.15, 0.2) is 66.9 Å². The third-order valence-electron chi connectivity index (χ3n) is 19.2. The van der Waals surface area contributed by atoms with E-state index >= 15 is 0 Å². The second-order valence-electron chi connectivity index (χ2n) is 26.1. The van der Waals surface area contributed by atoms with Crippen LogP contribution in [0.3, 0.4) is 0 Å². The number of anilines is 5. The first-order chi connectivity index (χ1) is 45.7. The number of carbonyl (C=O) groups excluding carboxylic acids is 9. The Balaban J connectivity index is 0.755. The first-order valence-corrected chi connectivity index (χ1v) is 33.4. The van der Waals surface area contributed by atoms with Gasteiger partial charge in [0.25, 0.3) is 11.8 Å². The zero-order valence-corrected chi connectivity index (χ0v) is 55.4. The van der Waals surface area contributed by atoms with Gasteiger partial charge in [0.05, 0.1) is 38.2 Å². The van der Waals surface area contributed by atoms with E-state index < -0.39 is 42.1 Å². The van der Waals surface area contributed by atoms with Crippen LogP contribution in [0.25, 0.3) is 0 Å². The highest BCUT2D eigenvalue weighted by atomic mass is 16.6. The number of piperidine rings is 1. The van der Waals surface area contributed by atoms with Crippen molar-refractivity contribution in [3.8, 4) is 17.6 Å². The topological polar surface area (TPSA) is 309 Å². The molecule has 95 heavy (non-hydrogen) atoms. The summed E-state index contributed by atoms with van der Waals surface area (Å²) in [5.41, 5.74) is 10.7. The standard InChI is InChI=1S/C70H89N13O12/c1-8-53-67(90)79(6)56-38-72-69(78-61(56)83(53)49-17-9-10-18-49)75-52-30-23-45(37-57(52)93-7)62(85)73-47-26-28-48(29-27-47)80(34-36-94-35-12-11-15-44-16-13-19-50-51(44)39-82(66(50)89)55-31-32-58(84)76-64(55)87)70(92)95-40-43-21-24-46(25-22-43)74-63(86)54-20-14-33-81(54)68(91)60(42(4)5)77-65(88)59(71)41(2)3/h13,16,19,21-25,30,37-38,41-42,47-49,53-55,59-60H,8-10,12,14,17-18,20,26-29,31-36,39-40,71H2,1-7H3,(H,73,85)(H,74,86)(H,77,88)(H,72,75,78)(H,76,84,87)/t47?,48?,53-,54+,55?,59+,60+/m1/s1. The van der Waals surface area contributed by atoms with Gasteiger partial charge in [0.1, 0.15) is 42.2 Å². The van der Waals surface area contributed by atoms with E-state index in [-0.39, 0.29) is 117 Å². The molecule has 506 valence electrons. The summed E-state index contributed by atoms with van der Waals surface area (Å²) >= 11 is 0. The maximum Gasteiger partial charge on any atom is 0.410 e. The smallest absolute Gasteiger partial charge is 0.410 e. The second-order valence-corrected chi connectivity index (χ2v) is 26.1. The van der Waals surface area contributed by atoms with Crippen molar-refractivity contribution < 1.29 is 57.4 Å². The number of rotatable bonds is 23. The number of nitrogens with zero attached hydrogens (tertiary/aromatic N) is 7. The van der Waals surface area contributed by atoms with Crippen molar-refractivity contribution in [1.29, 1.82) is 0 Å². The Labute approximate surface area is 554 Å². The fourth-order valence-corrected chi connectivity index (χ4v) is 13.7. The van der Waals surface area contributed by atoms with Gasteiger partial charge in [-0.3, -0.25) is 43.7 Å². The van der Waals surface area contributed by atoms with Crippen molar-refractivity contribution in [1.82, 2.24) is 40.6 Å². The molecule has 0 radical (unpaired) electrons. The lowest BCUT2D eigenvalue weighted by atomic mass is 9.90. The monoisotopic (exact) mass is 1300 g/mol. The highest BCUT2D eigenvalue weighted by Crippen LogP contribution is 2.41. The van der Waals surface area contributed by atoms with Crippen molar-refractivity contribution in [2.45, 2.75) is 186 Å². The molecule has 6 aliphatic rings. The lowest BCUT2D eigenvalue weighted by Gasteiger charge is -2.43. The quantitative estimate of drug-likeness (QED) is 0.0256. The summed E-state index contributed by atoms with van der Waals surface area (Å²) in [5, 5.41) is 14.6. The molecule has 1 unspecified atom stereocenters. The number of likely N-dealkylation sites (N-methyl/N-ethyl adjacent to an activating group) is 1. The number of hydrogen-bond donors (Lipinski definition) is 6. The first-order valence-electron chi connectivity index (χ1n) is 33.4. The summed E-state index contributed by atoms with van der Waals surface area (Å²) in [7, 11) is 3.29. The highest BCUT2D eigenvalue weighted by Gasteiger charge is 2.44. The van der Waals surface area contributed by atoms with Gasteiger partial charge in [-0.1, -0.05) is 77.5 Å². The van der Waals surface area contributed by atoms with Gasteiger partial charge in [-0.2, -0.15) is 4.98 Å². The minimum absolute atomic E-state index is 0.0292. The molecule has 0 spiro atoms. The van der Waals surface area contributed by atoms with E-state index in [1.54, 1.807) is 77.6 Å². The summed E-state index contributed by atoms with van der Waals surface area (Å²) in [6.07, 6.45) is 10.0. The SMILES string of the molecule is CC[C@@H]1C(=O)N(C)c2cnc(Nc3ccc(C(=O)NC4CCC(N(CCOCCC#Cc5cccc6c5CN(C5CCC(=O)NC5=O)C6=O)C(=O)OCc5ccc(NC(=O)[C@@H]6CCCN6C(=O)[C@@H](NC(=O)[C@@H](N)C(C)C)C(C)C)cc5)CC4)cc3OC)nc2N1C1CCCC1. The van der Waals surface area contributed by atoms with Crippen molar-refractivity contribution in [2.75, 3.05) is 60.9 Å². The van der Waals surface area contributed by atoms with E-state index in [0.717, 1.165) is 31.2 Å². The third-order valence-corrected chi connectivity index (χ3v) is 19.2. The molecule has 25 nitrogen and oxygen atoms in total. The molecule has 7 N–H and O–H groups in total. The van der Waals surface area contributed by atoms with Crippen LogP contribution < -0.4 is 46.9 Å². The van der Waals surface area contributed by atoms with Crippen LogP contribution in [-0.2, 0) is 51.4 Å². The number of carbonyl (C=O) groups is 9.